The number of anilines is 2. The molecule has 21 heavy (non-hydrogen) atoms. The molecule has 0 bridgehead atoms. The zero-order valence-electron chi connectivity index (χ0n) is 12.4. The maximum atomic E-state index is 12.5. The van der Waals surface area contributed by atoms with Crippen LogP contribution in [0.4, 0.5) is 11.4 Å². The zero-order valence-corrected chi connectivity index (χ0v) is 13.2. The summed E-state index contributed by atoms with van der Waals surface area (Å²) >= 11 is 0. The molecule has 0 aromatic heterocycles. The van der Waals surface area contributed by atoms with Crippen molar-refractivity contribution in [2.45, 2.75) is 25.8 Å². The van der Waals surface area contributed by atoms with Crippen LogP contribution in [0.3, 0.4) is 0 Å². The maximum absolute atomic E-state index is 12.5. The monoisotopic (exact) mass is 312 g/mol. The first-order valence-electron chi connectivity index (χ1n) is 6.74. The van der Waals surface area contributed by atoms with Crippen LogP contribution in [0.5, 0.6) is 0 Å². The summed E-state index contributed by atoms with van der Waals surface area (Å²) in [6.45, 7) is 4.13. The molecule has 116 valence electrons. The predicted octanol–water partition coefficient (Wildman–Crippen LogP) is 1.59. The van der Waals surface area contributed by atoms with E-state index >= 15 is 0 Å². The highest BCUT2D eigenvalue weighted by atomic mass is 32.2. The molecule has 0 unspecified atom stereocenters. The summed E-state index contributed by atoms with van der Waals surface area (Å²) in [6.07, 6.45) is 1.46. The molecule has 1 aromatic carbocycles. The lowest BCUT2D eigenvalue weighted by Gasteiger charge is -2.40. The third-order valence-corrected chi connectivity index (χ3v) is 3.84. The molecular weight excluding hydrogens is 292 g/mol. The maximum Gasteiger partial charge on any atom is 0.264 e. The fourth-order valence-corrected chi connectivity index (χ4v) is 2.73. The number of nitrogens with one attached hydrogen (secondary N) is 1. The predicted molar refractivity (Wildman–Crippen MR) is 81.9 cm³/mol. The zero-order chi connectivity index (χ0) is 15.7. The molecule has 1 heterocycles. The van der Waals surface area contributed by atoms with Crippen molar-refractivity contribution < 1.29 is 17.4 Å². The SMILES string of the molecule is CC1(C)Nc2ccccc2N(CCCOS(C)(=O)=O)C1=O. The topological polar surface area (TPSA) is 75.7 Å². The molecule has 0 atom stereocenters. The largest absolute Gasteiger partial charge is 0.370 e. The van der Waals surface area contributed by atoms with Gasteiger partial charge >= 0.3 is 0 Å². The Morgan fingerprint density at radius 3 is 2.62 bits per heavy atom. The van der Waals surface area contributed by atoms with Crippen LogP contribution in [0.1, 0.15) is 20.3 Å². The van der Waals surface area contributed by atoms with E-state index in [1.54, 1.807) is 4.90 Å². The minimum atomic E-state index is -3.44. The third-order valence-electron chi connectivity index (χ3n) is 3.25. The fourth-order valence-electron chi connectivity index (χ4n) is 2.31. The van der Waals surface area contributed by atoms with Gasteiger partial charge in [-0.3, -0.25) is 8.98 Å². The number of amides is 1. The van der Waals surface area contributed by atoms with Crippen molar-refractivity contribution in [3.8, 4) is 0 Å². The van der Waals surface area contributed by atoms with Gasteiger partial charge in [-0.15, -0.1) is 0 Å². The van der Waals surface area contributed by atoms with Crippen molar-refractivity contribution in [1.29, 1.82) is 0 Å². The van der Waals surface area contributed by atoms with E-state index in [9.17, 15) is 13.2 Å². The van der Waals surface area contributed by atoms with E-state index in [1.165, 1.54) is 0 Å². The highest BCUT2D eigenvalue weighted by Crippen LogP contribution is 2.34. The molecular formula is C14H20N2O4S. The van der Waals surface area contributed by atoms with E-state index in [2.05, 4.69) is 5.32 Å². The molecule has 2 rings (SSSR count). The Hall–Kier alpha value is -1.60. The highest BCUT2D eigenvalue weighted by molar-refractivity contribution is 7.85. The molecule has 0 fully saturated rings. The van der Waals surface area contributed by atoms with E-state index in [-0.39, 0.29) is 12.5 Å². The summed E-state index contributed by atoms with van der Waals surface area (Å²) in [6, 6.07) is 7.56. The van der Waals surface area contributed by atoms with Crippen LogP contribution in [-0.2, 0) is 19.1 Å². The van der Waals surface area contributed by atoms with Crippen molar-refractivity contribution in [1.82, 2.24) is 0 Å². The summed E-state index contributed by atoms with van der Waals surface area (Å²) < 4.78 is 26.6. The van der Waals surface area contributed by atoms with Gasteiger partial charge in [-0.2, -0.15) is 8.42 Å². The van der Waals surface area contributed by atoms with Crippen molar-refractivity contribution in [2.75, 3.05) is 29.6 Å². The van der Waals surface area contributed by atoms with Crippen molar-refractivity contribution in [3.63, 3.8) is 0 Å². The van der Waals surface area contributed by atoms with Gasteiger partial charge in [0, 0.05) is 6.54 Å². The van der Waals surface area contributed by atoms with Gasteiger partial charge in [0.2, 0.25) is 0 Å². The molecule has 0 saturated heterocycles. The lowest BCUT2D eigenvalue weighted by Crippen LogP contribution is -2.54. The van der Waals surface area contributed by atoms with E-state index in [0.29, 0.717) is 13.0 Å². The van der Waals surface area contributed by atoms with E-state index in [0.717, 1.165) is 17.6 Å². The second kappa shape index (κ2) is 5.65. The highest BCUT2D eigenvalue weighted by Gasteiger charge is 2.37. The number of hydrogen-bond acceptors (Lipinski definition) is 5. The molecule has 1 amide bonds. The van der Waals surface area contributed by atoms with Crippen LogP contribution in [0.25, 0.3) is 0 Å². The molecule has 0 saturated carbocycles. The lowest BCUT2D eigenvalue weighted by atomic mass is 9.98. The van der Waals surface area contributed by atoms with Gasteiger partial charge in [-0.25, -0.2) is 0 Å². The van der Waals surface area contributed by atoms with Crippen molar-refractivity contribution in [3.05, 3.63) is 24.3 Å². The minimum Gasteiger partial charge on any atom is -0.370 e. The Bertz CT molecular complexity index is 640. The van der Waals surface area contributed by atoms with Crippen LogP contribution in [0.2, 0.25) is 0 Å². The number of rotatable bonds is 5. The van der Waals surface area contributed by atoms with Gasteiger partial charge in [0.1, 0.15) is 5.54 Å². The number of benzene rings is 1. The van der Waals surface area contributed by atoms with E-state index in [1.807, 2.05) is 38.1 Å². The molecule has 1 aliphatic heterocycles. The Kier molecular flexibility index (Phi) is 4.25. The van der Waals surface area contributed by atoms with Crippen LogP contribution in [-0.4, -0.2) is 39.3 Å². The second-order valence-corrected chi connectivity index (χ2v) is 7.25. The smallest absolute Gasteiger partial charge is 0.264 e. The first-order chi connectivity index (χ1) is 9.71. The summed E-state index contributed by atoms with van der Waals surface area (Å²) in [5.74, 6) is -0.0412. The molecule has 0 spiro atoms. The summed E-state index contributed by atoms with van der Waals surface area (Å²) in [4.78, 5) is 14.2. The first kappa shape index (κ1) is 15.8. The van der Waals surface area contributed by atoms with Crippen molar-refractivity contribution in [2.24, 2.45) is 0 Å². The number of carbonyl (C=O) groups is 1. The number of carbonyl (C=O) groups excluding carboxylic acids is 1. The van der Waals surface area contributed by atoms with Gasteiger partial charge in [-0.1, -0.05) is 12.1 Å². The normalized spacial score (nSPS) is 17.3. The minimum absolute atomic E-state index is 0.0412. The molecule has 0 radical (unpaired) electrons. The molecule has 1 N–H and O–H groups in total. The van der Waals surface area contributed by atoms with Crippen LogP contribution in [0, 0.1) is 0 Å². The Morgan fingerprint density at radius 1 is 1.29 bits per heavy atom. The molecule has 1 aromatic rings. The van der Waals surface area contributed by atoms with Gasteiger partial charge in [0.05, 0.1) is 24.2 Å². The Morgan fingerprint density at radius 2 is 1.95 bits per heavy atom. The van der Waals surface area contributed by atoms with Crippen molar-refractivity contribution >= 4 is 27.4 Å². The quantitative estimate of drug-likeness (QED) is 0.660. The Labute approximate surface area is 125 Å². The van der Waals surface area contributed by atoms with Gasteiger partial charge in [-0.05, 0) is 32.4 Å². The number of fused-ring (bicyclic) bond motifs is 1. The van der Waals surface area contributed by atoms with Crippen LogP contribution < -0.4 is 10.2 Å². The van der Waals surface area contributed by atoms with E-state index in [4.69, 9.17) is 4.18 Å². The summed E-state index contributed by atoms with van der Waals surface area (Å²) in [5, 5.41) is 3.21. The molecule has 6 nitrogen and oxygen atoms in total. The average Bonchev–Trinajstić information content (AvgIpc) is 2.37. The van der Waals surface area contributed by atoms with Gasteiger partial charge < -0.3 is 10.2 Å². The Balaban J connectivity index is 2.12. The fraction of sp³-hybridized carbons (Fsp3) is 0.500. The molecule has 7 heteroatoms. The molecule has 1 aliphatic rings. The third kappa shape index (κ3) is 3.74. The number of para-hydroxylation sites is 2. The van der Waals surface area contributed by atoms with Gasteiger partial charge in [0.25, 0.3) is 16.0 Å². The van der Waals surface area contributed by atoms with Crippen LogP contribution in [0.15, 0.2) is 24.3 Å². The van der Waals surface area contributed by atoms with E-state index < -0.39 is 15.7 Å². The standard InChI is InChI=1S/C14H20N2O4S/c1-14(2)13(17)16(9-6-10-20-21(3,18)19)12-8-5-4-7-11(12)15-14/h4-5,7-8,15H,6,9-10H2,1-3H3. The second-order valence-electron chi connectivity index (χ2n) is 5.60. The molecule has 0 aliphatic carbocycles. The van der Waals surface area contributed by atoms with Crippen LogP contribution >= 0.6 is 0 Å². The summed E-state index contributed by atoms with van der Waals surface area (Å²) in [5.41, 5.74) is 1.01. The number of nitrogens with zero attached hydrogens (tertiary/aromatic N) is 1. The average molecular weight is 312 g/mol. The first-order valence-corrected chi connectivity index (χ1v) is 8.56. The van der Waals surface area contributed by atoms with Gasteiger partial charge in [0.15, 0.2) is 0 Å². The summed E-state index contributed by atoms with van der Waals surface area (Å²) in [7, 11) is -3.44. The number of hydrogen-bond donors (Lipinski definition) is 1. The lowest BCUT2D eigenvalue weighted by molar-refractivity contribution is -0.122.